The number of hydrogen-bond donors (Lipinski definition) is 0. The quantitative estimate of drug-likeness (QED) is 0.630. The maximum Gasteiger partial charge on any atom is 0.348 e. The molecule has 0 radical (unpaired) electrons. The fourth-order valence-corrected chi connectivity index (χ4v) is 1.43. The van der Waals surface area contributed by atoms with Gasteiger partial charge in [0, 0.05) is 4.88 Å². The van der Waals surface area contributed by atoms with Gasteiger partial charge in [-0.05, 0) is 19.1 Å². The Kier molecular flexibility index (Phi) is 5.37. The standard InChI is InChI=1S/C7H8O2S.C2H6/c1-5-3-4-6(10-5)7(8)9-2;1-2/h3-4H,1-2H3;1-2H3. The summed E-state index contributed by atoms with van der Waals surface area (Å²) in [6.45, 7) is 5.96. The first-order valence-electron chi connectivity index (χ1n) is 3.89. The van der Waals surface area contributed by atoms with E-state index in [0.29, 0.717) is 4.88 Å². The molecule has 0 saturated heterocycles. The highest BCUT2D eigenvalue weighted by Crippen LogP contribution is 2.15. The van der Waals surface area contributed by atoms with Crippen molar-refractivity contribution < 1.29 is 9.53 Å². The highest BCUT2D eigenvalue weighted by Gasteiger charge is 2.05. The molecule has 0 fully saturated rings. The Balaban J connectivity index is 0.000000561. The minimum absolute atomic E-state index is 0.252. The summed E-state index contributed by atoms with van der Waals surface area (Å²) in [5, 5.41) is 0. The predicted molar refractivity (Wildman–Crippen MR) is 51.7 cm³/mol. The molecule has 0 bridgehead atoms. The molecule has 0 aliphatic rings. The Labute approximate surface area is 77.2 Å². The molecule has 0 saturated carbocycles. The SMILES string of the molecule is CC.COC(=O)c1ccc(C)s1. The number of carbonyl (C=O) groups excluding carboxylic acids is 1. The van der Waals surface area contributed by atoms with Crippen LogP contribution in [-0.2, 0) is 4.74 Å². The largest absolute Gasteiger partial charge is 0.465 e. The summed E-state index contributed by atoms with van der Waals surface area (Å²) in [6.07, 6.45) is 0. The number of ether oxygens (including phenoxy) is 1. The minimum Gasteiger partial charge on any atom is -0.465 e. The summed E-state index contributed by atoms with van der Waals surface area (Å²) in [5.41, 5.74) is 0. The van der Waals surface area contributed by atoms with Crippen molar-refractivity contribution in [2.45, 2.75) is 20.8 Å². The average Bonchev–Trinajstić information content (AvgIpc) is 2.54. The molecule has 1 aromatic rings. The zero-order chi connectivity index (χ0) is 9.56. The number of esters is 1. The first kappa shape index (κ1) is 11.2. The lowest BCUT2D eigenvalue weighted by molar-refractivity contribution is 0.0606. The van der Waals surface area contributed by atoms with Crippen molar-refractivity contribution in [3.05, 3.63) is 21.9 Å². The Hall–Kier alpha value is -0.830. The third-order valence-electron chi connectivity index (χ3n) is 1.13. The van der Waals surface area contributed by atoms with E-state index in [1.54, 1.807) is 6.07 Å². The average molecular weight is 186 g/mol. The zero-order valence-corrected chi connectivity index (χ0v) is 8.70. The lowest BCUT2D eigenvalue weighted by atomic mass is 10.4. The number of methoxy groups -OCH3 is 1. The van der Waals surface area contributed by atoms with Gasteiger partial charge in [-0.1, -0.05) is 13.8 Å². The van der Waals surface area contributed by atoms with Crippen LogP contribution < -0.4 is 0 Å². The van der Waals surface area contributed by atoms with Gasteiger partial charge in [0.15, 0.2) is 0 Å². The molecule has 3 heteroatoms. The molecule has 0 spiro atoms. The van der Waals surface area contributed by atoms with Crippen molar-refractivity contribution in [3.8, 4) is 0 Å². The van der Waals surface area contributed by atoms with Gasteiger partial charge < -0.3 is 4.74 Å². The number of rotatable bonds is 1. The van der Waals surface area contributed by atoms with E-state index in [9.17, 15) is 4.79 Å². The number of thiophene rings is 1. The Morgan fingerprint density at radius 3 is 2.33 bits per heavy atom. The molecule has 1 rings (SSSR count). The fourth-order valence-electron chi connectivity index (χ4n) is 0.645. The molecule has 2 nitrogen and oxygen atoms in total. The van der Waals surface area contributed by atoms with Crippen molar-refractivity contribution in [2.75, 3.05) is 7.11 Å². The highest BCUT2D eigenvalue weighted by atomic mass is 32.1. The van der Waals surface area contributed by atoms with E-state index in [-0.39, 0.29) is 5.97 Å². The van der Waals surface area contributed by atoms with Gasteiger partial charge >= 0.3 is 5.97 Å². The molecule has 0 aliphatic carbocycles. The van der Waals surface area contributed by atoms with Crippen molar-refractivity contribution >= 4 is 17.3 Å². The third kappa shape index (κ3) is 3.05. The van der Waals surface area contributed by atoms with Gasteiger partial charge in [-0.25, -0.2) is 4.79 Å². The third-order valence-corrected chi connectivity index (χ3v) is 2.11. The van der Waals surface area contributed by atoms with Gasteiger partial charge in [-0.15, -0.1) is 11.3 Å². The van der Waals surface area contributed by atoms with Gasteiger partial charge in [0.2, 0.25) is 0 Å². The number of carbonyl (C=O) groups is 1. The summed E-state index contributed by atoms with van der Waals surface area (Å²) in [7, 11) is 1.39. The van der Waals surface area contributed by atoms with Crippen molar-refractivity contribution in [1.82, 2.24) is 0 Å². The van der Waals surface area contributed by atoms with Crippen molar-refractivity contribution in [1.29, 1.82) is 0 Å². The number of aryl methyl sites for hydroxylation is 1. The summed E-state index contributed by atoms with van der Waals surface area (Å²) in [6, 6.07) is 3.67. The second-order valence-electron chi connectivity index (χ2n) is 1.90. The van der Waals surface area contributed by atoms with Crippen molar-refractivity contribution in [2.24, 2.45) is 0 Å². The Morgan fingerprint density at radius 2 is 2.00 bits per heavy atom. The molecular formula is C9H14O2S. The van der Waals surface area contributed by atoms with Crippen LogP contribution in [0.2, 0.25) is 0 Å². The second kappa shape index (κ2) is 5.77. The molecule has 0 atom stereocenters. The van der Waals surface area contributed by atoms with E-state index in [1.807, 2.05) is 26.8 Å². The molecule has 0 N–H and O–H groups in total. The fraction of sp³-hybridized carbons (Fsp3) is 0.444. The summed E-state index contributed by atoms with van der Waals surface area (Å²) in [4.78, 5) is 12.6. The summed E-state index contributed by atoms with van der Waals surface area (Å²) in [5.74, 6) is -0.252. The molecule has 0 unspecified atom stereocenters. The lowest BCUT2D eigenvalue weighted by Gasteiger charge is -1.90. The molecular weight excluding hydrogens is 172 g/mol. The topological polar surface area (TPSA) is 26.3 Å². The molecule has 68 valence electrons. The predicted octanol–water partition coefficient (Wildman–Crippen LogP) is 2.87. The van der Waals surface area contributed by atoms with Crippen LogP contribution in [0, 0.1) is 6.92 Å². The lowest BCUT2D eigenvalue weighted by Crippen LogP contribution is -1.96. The first-order chi connectivity index (χ1) is 5.74. The van der Waals surface area contributed by atoms with Crippen LogP contribution in [0.25, 0.3) is 0 Å². The van der Waals surface area contributed by atoms with Crippen LogP contribution >= 0.6 is 11.3 Å². The van der Waals surface area contributed by atoms with Crippen molar-refractivity contribution in [3.63, 3.8) is 0 Å². The summed E-state index contributed by atoms with van der Waals surface area (Å²) >= 11 is 1.45. The van der Waals surface area contributed by atoms with Gasteiger partial charge in [0.25, 0.3) is 0 Å². The maximum absolute atomic E-state index is 10.8. The van der Waals surface area contributed by atoms with E-state index in [1.165, 1.54) is 18.4 Å². The van der Waals surface area contributed by atoms with Gasteiger partial charge in [-0.2, -0.15) is 0 Å². The molecule has 1 aromatic heterocycles. The van der Waals surface area contributed by atoms with Crippen LogP contribution in [0.4, 0.5) is 0 Å². The van der Waals surface area contributed by atoms with Gasteiger partial charge in [0.1, 0.15) is 4.88 Å². The molecule has 1 heterocycles. The van der Waals surface area contributed by atoms with E-state index in [2.05, 4.69) is 4.74 Å². The van der Waals surface area contributed by atoms with Gasteiger partial charge in [-0.3, -0.25) is 0 Å². The minimum atomic E-state index is -0.252. The van der Waals surface area contributed by atoms with E-state index in [0.717, 1.165) is 4.88 Å². The Bertz CT molecular complexity index is 240. The molecule has 12 heavy (non-hydrogen) atoms. The summed E-state index contributed by atoms with van der Waals surface area (Å²) < 4.78 is 4.52. The Morgan fingerprint density at radius 1 is 1.42 bits per heavy atom. The van der Waals surface area contributed by atoms with E-state index < -0.39 is 0 Å². The molecule has 0 aromatic carbocycles. The number of hydrogen-bond acceptors (Lipinski definition) is 3. The smallest absolute Gasteiger partial charge is 0.348 e. The highest BCUT2D eigenvalue weighted by molar-refractivity contribution is 7.13. The molecule has 0 aliphatic heterocycles. The maximum atomic E-state index is 10.8. The second-order valence-corrected chi connectivity index (χ2v) is 3.19. The monoisotopic (exact) mass is 186 g/mol. The van der Waals surface area contributed by atoms with Gasteiger partial charge in [0.05, 0.1) is 7.11 Å². The van der Waals surface area contributed by atoms with E-state index >= 15 is 0 Å². The zero-order valence-electron chi connectivity index (χ0n) is 7.88. The van der Waals surface area contributed by atoms with Crippen LogP contribution in [0.15, 0.2) is 12.1 Å². The molecule has 0 amide bonds. The normalized spacial score (nSPS) is 8.33. The van der Waals surface area contributed by atoms with E-state index in [4.69, 9.17) is 0 Å². The van der Waals surface area contributed by atoms with Crippen LogP contribution in [0.1, 0.15) is 28.4 Å². The van der Waals surface area contributed by atoms with Crippen LogP contribution in [-0.4, -0.2) is 13.1 Å². The van der Waals surface area contributed by atoms with Crippen LogP contribution in [0.5, 0.6) is 0 Å². The first-order valence-corrected chi connectivity index (χ1v) is 4.70. The van der Waals surface area contributed by atoms with Crippen LogP contribution in [0.3, 0.4) is 0 Å².